The van der Waals surface area contributed by atoms with Crippen LogP contribution in [0.1, 0.15) is 35.3 Å². The van der Waals surface area contributed by atoms with E-state index in [-0.39, 0.29) is 11.8 Å². The number of carbonyl (C=O) groups is 2. The summed E-state index contributed by atoms with van der Waals surface area (Å²) in [5, 5.41) is 9.99. The van der Waals surface area contributed by atoms with Crippen molar-refractivity contribution in [2.24, 2.45) is 0 Å². The molecule has 0 radical (unpaired) electrons. The molecule has 2 aromatic heterocycles. The van der Waals surface area contributed by atoms with Gasteiger partial charge in [0.05, 0.1) is 12.7 Å². The number of anilines is 2. The Balaban J connectivity index is 1.45. The van der Waals surface area contributed by atoms with Crippen LogP contribution in [-0.2, 0) is 4.79 Å². The van der Waals surface area contributed by atoms with Gasteiger partial charge in [-0.1, -0.05) is 12.5 Å². The SMILES string of the molecule is Cc1ccc(NC(=O)c2ccnc3ccnn23)cc1NC(=O)CN1CCCCC1. The van der Waals surface area contributed by atoms with E-state index >= 15 is 0 Å². The van der Waals surface area contributed by atoms with E-state index in [9.17, 15) is 9.59 Å². The molecule has 8 heteroatoms. The van der Waals surface area contributed by atoms with Gasteiger partial charge in [0.2, 0.25) is 5.91 Å². The van der Waals surface area contributed by atoms with Crippen molar-refractivity contribution >= 4 is 28.8 Å². The Morgan fingerprint density at radius 1 is 1.03 bits per heavy atom. The molecule has 0 unspecified atom stereocenters. The molecule has 0 saturated carbocycles. The zero-order valence-electron chi connectivity index (χ0n) is 16.4. The second kappa shape index (κ2) is 8.40. The van der Waals surface area contributed by atoms with Gasteiger partial charge >= 0.3 is 0 Å². The van der Waals surface area contributed by atoms with Gasteiger partial charge in [-0.25, -0.2) is 9.50 Å². The number of benzene rings is 1. The first kappa shape index (κ1) is 19.1. The van der Waals surface area contributed by atoms with Crippen molar-refractivity contribution in [3.63, 3.8) is 0 Å². The van der Waals surface area contributed by atoms with Gasteiger partial charge in [-0.15, -0.1) is 0 Å². The standard InChI is InChI=1S/C21H24N6O2/c1-15-5-6-16(13-17(15)25-20(28)14-26-11-3-2-4-12-26)24-21(29)18-7-9-22-19-8-10-23-27(18)19/h5-10,13H,2-4,11-12,14H2,1H3,(H,24,29)(H,25,28). The molecular weight excluding hydrogens is 368 g/mol. The highest BCUT2D eigenvalue weighted by Gasteiger charge is 2.16. The second-order valence-corrected chi connectivity index (χ2v) is 7.30. The molecule has 1 aliphatic rings. The number of amides is 2. The number of aromatic nitrogens is 3. The van der Waals surface area contributed by atoms with Gasteiger partial charge in [0.25, 0.3) is 5.91 Å². The quantitative estimate of drug-likeness (QED) is 0.697. The van der Waals surface area contributed by atoms with Gasteiger partial charge in [-0.3, -0.25) is 14.5 Å². The van der Waals surface area contributed by atoms with Gasteiger partial charge in [0, 0.05) is 23.6 Å². The van der Waals surface area contributed by atoms with Crippen molar-refractivity contribution in [3.8, 4) is 0 Å². The Labute approximate surface area is 168 Å². The molecule has 3 aromatic rings. The van der Waals surface area contributed by atoms with Crippen LogP contribution in [0, 0.1) is 6.92 Å². The van der Waals surface area contributed by atoms with Crippen molar-refractivity contribution in [3.05, 3.63) is 54.0 Å². The summed E-state index contributed by atoms with van der Waals surface area (Å²) >= 11 is 0. The zero-order chi connectivity index (χ0) is 20.2. The maximum atomic E-state index is 12.7. The maximum absolute atomic E-state index is 12.7. The van der Waals surface area contributed by atoms with Gasteiger partial charge in [0.1, 0.15) is 5.69 Å². The van der Waals surface area contributed by atoms with Crippen molar-refractivity contribution in [2.45, 2.75) is 26.2 Å². The summed E-state index contributed by atoms with van der Waals surface area (Å²) in [6.07, 6.45) is 6.70. The Morgan fingerprint density at radius 2 is 1.86 bits per heavy atom. The van der Waals surface area contributed by atoms with E-state index in [2.05, 4.69) is 25.6 Å². The fourth-order valence-electron chi connectivity index (χ4n) is 3.55. The van der Waals surface area contributed by atoms with E-state index in [0.717, 1.165) is 31.5 Å². The lowest BCUT2D eigenvalue weighted by atomic mass is 10.1. The zero-order valence-corrected chi connectivity index (χ0v) is 16.4. The van der Waals surface area contributed by atoms with Crippen LogP contribution in [0.15, 0.2) is 42.7 Å². The summed E-state index contributed by atoms with van der Waals surface area (Å²) in [5.41, 5.74) is 3.23. The molecule has 150 valence electrons. The highest BCUT2D eigenvalue weighted by Crippen LogP contribution is 2.21. The largest absolute Gasteiger partial charge is 0.325 e. The third-order valence-corrected chi connectivity index (χ3v) is 5.11. The predicted molar refractivity (Wildman–Crippen MR) is 111 cm³/mol. The third-order valence-electron chi connectivity index (χ3n) is 5.11. The first-order chi connectivity index (χ1) is 14.1. The van der Waals surface area contributed by atoms with E-state index in [1.54, 1.807) is 30.6 Å². The number of hydrogen-bond acceptors (Lipinski definition) is 5. The minimum atomic E-state index is -0.296. The van der Waals surface area contributed by atoms with E-state index < -0.39 is 0 Å². The fourth-order valence-corrected chi connectivity index (χ4v) is 3.55. The summed E-state index contributed by atoms with van der Waals surface area (Å²) in [7, 11) is 0. The first-order valence-electron chi connectivity index (χ1n) is 9.83. The number of likely N-dealkylation sites (tertiary alicyclic amines) is 1. The Bertz CT molecular complexity index is 1040. The monoisotopic (exact) mass is 392 g/mol. The van der Waals surface area contributed by atoms with Crippen LogP contribution >= 0.6 is 0 Å². The predicted octanol–water partition coefficient (Wildman–Crippen LogP) is 2.71. The Hall–Kier alpha value is -3.26. The lowest BCUT2D eigenvalue weighted by Gasteiger charge is -2.25. The lowest BCUT2D eigenvalue weighted by molar-refractivity contribution is -0.117. The normalized spacial score (nSPS) is 14.7. The smallest absolute Gasteiger partial charge is 0.274 e. The number of rotatable bonds is 5. The van der Waals surface area contributed by atoms with Gasteiger partial charge < -0.3 is 10.6 Å². The highest BCUT2D eigenvalue weighted by atomic mass is 16.2. The topological polar surface area (TPSA) is 91.6 Å². The average Bonchev–Trinajstić information content (AvgIpc) is 3.20. The van der Waals surface area contributed by atoms with Crippen LogP contribution in [-0.4, -0.2) is 50.9 Å². The van der Waals surface area contributed by atoms with Crippen LogP contribution in [0.25, 0.3) is 5.65 Å². The van der Waals surface area contributed by atoms with Crippen molar-refractivity contribution < 1.29 is 9.59 Å². The van der Waals surface area contributed by atoms with Gasteiger partial charge in [-0.05, 0) is 56.6 Å². The molecule has 0 aliphatic carbocycles. The molecule has 1 aromatic carbocycles. The van der Waals surface area contributed by atoms with Crippen LogP contribution in [0.4, 0.5) is 11.4 Å². The van der Waals surface area contributed by atoms with Crippen LogP contribution in [0.5, 0.6) is 0 Å². The van der Waals surface area contributed by atoms with Crippen LogP contribution < -0.4 is 10.6 Å². The molecule has 1 aliphatic heterocycles. The van der Waals surface area contributed by atoms with E-state index in [0.29, 0.717) is 29.3 Å². The summed E-state index contributed by atoms with van der Waals surface area (Å²) in [5.74, 6) is -0.332. The maximum Gasteiger partial charge on any atom is 0.274 e. The van der Waals surface area contributed by atoms with E-state index in [1.165, 1.54) is 10.9 Å². The number of piperidine rings is 1. The molecule has 29 heavy (non-hydrogen) atoms. The van der Waals surface area contributed by atoms with Crippen molar-refractivity contribution in [1.82, 2.24) is 19.5 Å². The molecule has 3 heterocycles. The summed E-state index contributed by atoms with van der Waals surface area (Å²) in [6.45, 7) is 4.26. The molecule has 0 atom stereocenters. The third kappa shape index (κ3) is 4.43. The minimum absolute atomic E-state index is 0.0362. The molecule has 1 saturated heterocycles. The summed E-state index contributed by atoms with van der Waals surface area (Å²) < 4.78 is 1.49. The molecule has 8 nitrogen and oxygen atoms in total. The summed E-state index contributed by atoms with van der Waals surface area (Å²) in [6, 6.07) is 8.82. The first-order valence-corrected chi connectivity index (χ1v) is 9.83. The van der Waals surface area contributed by atoms with Crippen LogP contribution in [0.2, 0.25) is 0 Å². The number of nitrogens with zero attached hydrogens (tertiary/aromatic N) is 4. The molecule has 0 spiro atoms. The number of fused-ring (bicyclic) bond motifs is 1. The van der Waals surface area contributed by atoms with Gasteiger partial charge in [-0.2, -0.15) is 5.10 Å². The van der Waals surface area contributed by atoms with Crippen molar-refractivity contribution in [1.29, 1.82) is 0 Å². The van der Waals surface area contributed by atoms with Gasteiger partial charge in [0.15, 0.2) is 5.65 Å². The highest BCUT2D eigenvalue weighted by molar-refractivity contribution is 6.04. The van der Waals surface area contributed by atoms with E-state index in [4.69, 9.17) is 0 Å². The number of hydrogen-bond donors (Lipinski definition) is 2. The second-order valence-electron chi connectivity index (χ2n) is 7.30. The molecule has 1 fully saturated rings. The molecule has 2 amide bonds. The summed E-state index contributed by atoms with van der Waals surface area (Å²) in [4.78, 5) is 31.5. The Kier molecular flexibility index (Phi) is 5.53. The molecular formula is C21H24N6O2. The minimum Gasteiger partial charge on any atom is -0.325 e. The lowest BCUT2D eigenvalue weighted by Crippen LogP contribution is -2.36. The average molecular weight is 392 g/mol. The molecule has 2 N–H and O–H groups in total. The molecule has 4 rings (SSSR count). The number of aryl methyl sites for hydroxylation is 1. The van der Waals surface area contributed by atoms with Crippen LogP contribution in [0.3, 0.4) is 0 Å². The number of nitrogens with one attached hydrogen (secondary N) is 2. The Morgan fingerprint density at radius 3 is 2.69 bits per heavy atom. The van der Waals surface area contributed by atoms with Crippen molar-refractivity contribution in [2.75, 3.05) is 30.3 Å². The fraction of sp³-hybridized carbons (Fsp3) is 0.333. The number of carbonyl (C=O) groups excluding carboxylic acids is 2. The van der Waals surface area contributed by atoms with E-state index in [1.807, 2.05) is 19.1 Å². The molecule has 0 bridgehead atoms.